The van der Waals surface area contributed by atoms with Crippen LogP contribution in [0, 0.1) is 0 Å². The highest BCUT2D eigenvalue weighted by atomic mass is 16.5. The maximum Gasteiger partial charge on any atom is 0.410 e. The lowest BCUT2D eigenvalue weighted by Gasteiger charge is -2.37. The van der Waals surface area contributed by atoms with Gasteiger partial charge in [-0.3, -0.25) is 14.6 Å². The number of rotatable bonds is 3. The summed E-state index contributed by atoms with van der Waals surface area (Å²) in [6.07, 6.45) is 1.20. The summed E-state index contributed by atoms with van der Waals surface area (Å²) in [5.74, 6) is 0.0669. The molecule has 0 aliphatic carbocycles. The predicted octanol–water partition coefficient (Wildman–Crippen LogP) is 1.56. The molecule has 2 amide bonds. The molecule has 2 aliphatic rings. The zero-order chi connectivity index (χ0) is 16.9. The molecule has 2 heterocycles. The van der Waals surface area contributed by atoms with Gasteiger partial charge in [-0.05, 0) is 18.4 Å². The summed E-state index contributed by atoms with van der Waals surface area (Å²) in [7, 11) is 1.37. The Hall–Kier alpha value is -2.08. The minimum Gasteiger partial charge on any atom is -0.453 e. The molecule has 1 unspecified atom stereocenters. The lowest BCUT2D eigenvalue weighted by Crippen LogP contribution is -2.54. The van der Waals surface area contributed by atoms with E-state index in [-0.39, 0.29) is 11.9 Å². The van der Waals surface area contributed by atoms with Crippen LogP contribution in [-0.4, -0.2) is 72.6 Å². The van der Waals surface area contributed by atoms with Gasteiger partial charge in [-0.2, -0.15) is 0 Å². The summed E-state index contributed by atoms with van der Waals surface area (Å²) in [6, 6.07) is 10.0. The molecule has 1 aromatic rings. The smallest absolute Gasteiger partial charge is 0.410 e. The average molecular weight is 331 g/mol. The number of benzene rings is 1. The third-order valence-corrected chi connectivity index (χ3v) is 4.88. The van der Waals surface area contributed by atoms with E-state index in [1.54, 1.807) is 4.90 Å². The molecule has 0 N–H and O–H groups in total. The van der Waals surface area contributed by atoms with Crippen LogP contribution in [0.5, 0.6) is 0 Å². The molecule has 1 aromatic carbocycles. The van der Waals surface area contributed by atoms with Gasteiger partial charge in [0.05, 0.1) is 7.11 Å². The number of carbonyl (C=O) groups is 2. The van der Waals surface area contributed by atoms with Crippen molar-refractivity contribution in [3.05, 3.63) is 35.9 Å². The van der Waals surface area contributed by atoms with Crippen LogP contribution in [0.1, 0.15) is 18.4 Å². The molecule has 0 spiro atoms. The van der Waals surface area contributed by atoms with Crippen molar-refractivity contribution in [1.82, 2.24) is 14.7 Å². The first-order valence-corrected chi connectivity index (χ1v) is 8.58. The number of hydrogen-bond acceptors (Lipinski definition) is 4. The first-order valence-electron chi connectivity index (χ1n) is 8.58. The average Bonchev–Trinajstić information content (AvgIpc) is 3.12. The van der Waals surface area contributed by atoms with Crippen molar-refractivity contribution in [3.8, 4) is 0 Å². The molecule has 6 nitrogen and oxygen atoms in total. The Morgan fingerprint density at radius 2 is 1.79 bits per heavy atom. The number of amides is 2. The molecule has 2 aliphatic heterocycles. The predicted molar refractivity (Wildman–Crippen MR) is 90.4 cm³/mol. The fraction of sp³-hybridized carbons (Fsp3) is 0.556. The van der Waals surface area contributed by atoms with E-state index in [1.165, 1.54) is 12.7 Å². The van der Waals surface area contributed by atoms with E-state index in [0.717, 1.165) is 45.6 Å². The van der Waals surface area contributed by atoms with Crippen LogP contribution < -0.4 is 0 Å². The summed E-state index contributed by atoms with van der Waals surface area (Å²) >= 11 is 0. The van der Waals surface area contributed by atoms with Crippen LogP contribution in [0.2, 0.25) is 0 Å². The summed E-state index contributed by atoms with van der Waals surface area (Å²) < 4.78 is 4.79. The summed E-state index contributed by atoms with van der Waals surface area (Å²) in [5.41, 5.74) is 1.30. The molecular weight excluding hydrogens is 306 g/mol. The lowest BCUT2D eigenvalue weighted by molar-refractivity contribution is -0.137. The Bertz CT molecular complexity index is 570. The van der Waals surface area contributed by atoms with Gasteiger partial charge in [-0.1, -0.05) is 30.3 Å². The first-order chi connectivity index (χ1) is 11.7. The number of piperazine rings is 1. The third kappa shape index (κ3) is 3.70. The van der Waals surface area contributed by atoms with E-state index >= 15 is 0 Å². The van der Waals surface area contributed by atoms with Gasteiger partial charge in [0.2, 0.25) is 5.91 Å². The van der Waals surface area contributed by atoms with Gasteiger partial charge in [0, 0.05) is 39.3 Å². The zero-order valence-corrected chi connectivity index (χ0v) is 14.2. The lowest BCUT2D eigenvalue weighted by atomic mass is 10.1. The highest BCUT2D eigenvalue weighted by Crippen LogP contribution is 2.21. The Morgan fingerprint density at radius 3 is 2.46 bits per heavy atom. The van der Waals surface area contributed by atoms with Crippen molar-refractivity contribution in [1.29, 1.82) is 0 Å². The van der Waals surface area contributed by atoms with E-state index in [2.05, 4.69) is 29.2 Å². The second kappa shape index (κ2) is 7.66. The molecule has 6 heteroatoms. The van der Waals surface area contributed by atoms with Crippen LogP contribution in [0.25, 0.3) is 0 Å². The third-order valence-electron chi connectivity index (χ3n) is 4.88. The SMILES string of the molecule is COC(=O)N1CCCC1C(=O)N1CCN(Cc2ccccc2)CC1. The highest BCUT2D eigenvalue weighted by molar-refractivity contribution is 5.86. The van der Waals surface area contributed by atoms with Gasteiger partial charge >= 0.3 is 6.09 Å². The van der Waals surface area contributed by atoms with Crippen LogP contribution in [-0.2, 0) is 16.1 Å². The molecule has 2 fully saturated rings. The topological polar surface area (TPSA) is 53.1 Å². The molecule has 130 valence electrons. The molecule has 24 heavy (non-hydrogen) atoms. The number of ether oxygens (including phenoxy) is 1. The van der Waals surface area contributed by atoms with Crippen LogP contribution in [0.3, 0.4) is 0 Å². The molecular formula is C18H25N3O3. The van der Waals surface area contributed by atoms with Crippen molar-refractivity contribution in [2.75, 3.05) is 39.8 Å². The van der Waals surface area contributed by atoms with Gasteiger partial charge < -0.3 is 9.64 Å². The standard InChI is InChI=1S/C18H25N3O3/c1-24-18(23)21-9-5-8-16(21)17(22)20-12-10-19(11-13-20)14-15-6-3-2-4-7-15/h2-4,6-7,16H,5,8-14H2,1H3. The molecule has 0 radical (unpaired) electrons. The molecule has 1 atom stereocenters. The summed E-state index contributed by atoms with van der Waals surface area (Å²) in [6.45, 7) is 4.70. The first kappa shape index (κ1) is 16.8. The van der Waals surface area contributed by atoms with Crippen LogP contribution in [0.4, 0.5) is 4.79 Å². The molecule has 0 saturated carbocycles. The van der Waals surface area contributed by atoms with E-state index in [0.29, 0.717) is 6.54 Å². The van der Waals surface area contributed by atoms with Crippen molar-refractivity contribution < 1.29 is 14.3 Å². The summed E-state index contributed by atoms with van der Waals surface area (Å²) in [5, 5.41) is 0. The van der Waals surface area contributed by atoms with Crippen LogP contribution in [0.15, 0.2) is 30.3 Å². The van der Waals surface area contributed by atoms with Gasteiger partial charge in [-0.15, -0.1) is 0 Å². The minimum atomic E-state index is -0.395. The van der Waals surface area contributed by atoms with E-state index in [1.807, 2.05) is 11.0 Å². The maximum atomic E-state index is 12.8. The van der Waals surface area contributed by atoms with Crippen molar-refractivity contribution >= 4 is 12.0 Å². The number of carbonyl (C=O) groups excluding carboxylic acids is 2. The second-order valence-corrected chi connectivity index (χ2v) is 6.41. The Kier molecular flexibility index (Phi) is 5.35. The fourth-order valence-electron chi connectivity index (χ4n) is 3.54. The summed E-state index contributed by atoms with van der Waals surface area (Å²) in [4.78, 5) is 30.4. The monoisotopic (exact) mass is 331 g/mol. The van der Waals surface area contributed by atoms with Crippen molar-refractivity contribution in [2.45, 2.75) is 25.4 Å². The van der Waals surface area contributed by atoms with E-state index in [9.17, 15) is 9.59 Å². The maximum absolute atomic E-state index is 12.8. The van der Waals surface area contributed by atoms with Gasteiger partial charge in [0.15, 0.2) is 0 Å². The molecule has 0 bridgehead atoms. The van der Waals surface area contributed by atoms with Gasteiger partial charge in [0.1, 0.15) is 6.04 Å². The Labute approximate surface area is 143 Å². The largest absolute Gasteiger partial charge is 0.453 e. The van der Waals surface area contributed by atoms with Crippen molar-refractivity contribution in [3.63, 3.8) is 0 Å². The van der Waals surface area contributed by atoms with Crippen molar-refractivity contribution in [2.24, 2.45) is 0 Å². The molecule has 3 rings (SSSR count). The van der Waals surface area contributed by atoms with Gasteiger partial charge in [0.25, 0.3) is 0 Å². The van der Waals surface area contributed by atoms with E-state index < -0.39 is 6.09 Å². The molecule has 0 aromatic heterocycles. The van der Waals surface area contributed by atoms with Gasteiger partial charge in [-0.25, -0.2) is 4.79 Å². The number of hydrogen-bond donors (Lipinski definition) is 0. The minimum absolute atomic E-state index is 0.0669. The normalized spacial score (nSPS) is 21.8. The Morgan fingerprint density at radius 1 is 1.08 bits per heavy atom. The number of likely N-dealkylation sites (tertiary alicyclic amines) is 1. The fourth-order valence-corrected chi connectivity index (χ4v) is 3.54. The molecule has 2 saturated heterocycles. The Balaban J connectivity index is 1.52. The van der Waals surface area contributed by atoms with E-state index in [4.69, 9.17) is 4.74 Å². The quantitative estimate of drug-likeness (QED) is 0.843. The second-order valence-electron chi connectivity index (χ2n) is 6.41. The van der Waals surface area contributed by atoms with Crippen LogP contribution >= 0.6 is 0 Å². The number of methoxy groups -OCH3 is 1. The number of nitrogens with zero attached hydrogens (tertiary/aromatic N) is 3. The highest BCUT2D eigenvalue weighted by Gasteiger charge is 2.37. The zero-order valence-electron chi connectivity index (χ0n) is 14.2.